The topological polar surface area (TPSA) is 68.4 Å². The molecule has 17 heavy (non-hydrogen) atoms. The van der Waals surface area contributed by atoms with Crippen molar-refractivity contribution >= 4 is 11.9 Å². The third-order valence-corrected chi connectivity index (χ3v) is 2.19. The van der Waals surface area contributed by atoms with E-state index in [1.165, 1.54) is 13.2 Å². The van der Waals surface area contributed by atoms with Gasteiger partial charge in [-0.1, -0.05) is 13.8 Å². The highest BCUT2D eigenvalue weighted by atomic mass is 16.5. The van der Waals surface area contributed by atoms with Crippen LogP contribution in [0.1, 0.15) is 40.4 Å². The van der Waals surface area contributed by atoms with E-state index >= 15 is 0 Å². The molecule has 0 saturated carbocycles. The zero-order valence-electron chi connectivity index (χ0n) is 10.5. The van der Waals surface area contributed by atoms with Crippen molar-refractivity contribution in [3.8, 4) is 0 Å². The fourth-order valence-corrected chi connectivity index (χ4v) is 1.31. The van der Waals surface area contributed by atoms with E-state index in [1.807, 2.05) is 13.8 Å². The number of aromatic amines is 1. The summed E-state index contributed by atoms with van der Waals surface area (Å²) >= 11 is 0. The van der Waals surface area contributed by atoms with E-state index in [9.17, 15) is 9.59 Å². The second kappa shape index (κ2) is 5.52. The summed E-state index contributed by atoms with van der Waals surface area (Å²) in [5.41, 5.74) is 1.21. The molecule has 0 amide bonds. The average molecular weight is 239 g/mol. The van der Waals surface area contributed by atoms with Crippen LogP contribution < -0.4 is 0 Å². The highest BCUT2D eigenvalue weighted by Gasteiger charge is 2.18. The number of aromatic nitrogens is 1. The minimum absolute atomic E-state index is 0.251. The first-order valence-electron chi connectivity index (χ1n) is 5.40. The highest BCUT2D eigenvalue weighted by Crippen LogP contribution is 2.13. The number of esters is 2. The lowest BCUT2D eigenvalue weighted by atomic mass is 10.2. The lowest BCUT2D eigenvalue weighted by Gasteiger charge is -2.06. The fraction of sp³-hybridized carbons (Fsp3) is 0.500. The van der Waals surface area contributed by atoms with Crippen molar-refractivity contribution in [2.45, 2.75) is 20.8 Å². The Kier molecular flexibility index (Phi) is 4.31. The van der Waals surface area contributed by atoms with Gasteiger partial charge in [-0.2, -0.15) is 0 Å². The Bertz CT molecular complexity index is 420. The lowest BCUT2D eigenvalue weighted by Crippen LogP contribution is -2.10. The molecule has 1 aromatic rings. The number of carbonyl (C=O) groups is 2. The molecule has 0 saturated heterocycles. The van der Waals surface area contributed by atoms with Crippen LogP contribution in [0.25, 0.3) is 0 Å². The van der Waals surface area contributed by atoms with Crippen molar-refractivity contribution < 1.29 is 19.1 Å². The molecule has 0 spiro atoms. The van der Waals surface area contributed by atoms with Crippen molar-refractivity contribution in [1.82, 2.24) is 4.98 Å². The van der Waals surface area contributed by atoms with Gasteiger partial charge in [-0.25, -0.2) is 9.59 Å². The molecule has 0 aliphatic heterocycles. The number of H-pyrrole nitrogens is 1. The van der Waals surface area contributed by atoms with Gasteiger partial charge in [0.25, 0.3) is 0 Å². The van der Waals surface area contributed by atoms with E-state index in [1.54, 1.807) is 6.92 Å². The summed E-state index contributed by atoms with van der Waals surface area (Å²) in [5.74, 6) is -0.656. The first kappa shape index (κ1) is 13.3. The van der Waals surface area contributed by atoms with Crippen LogP contribution in [0, 0.1) is 12.8 Å². The van der Waals surface area contributed by atoms with Gasteiger partial charge in [0.2, 0.25) is 0 Å². The summed E-state index contributed by atoms with van der Waals surface area (Å²) in [5, 5.41) is 0. The molecule has 1 N–H and O–H groups in total. The summed E-state index contributed by atoms with van der Waals surface area (Å²) in [6, 6.07) is 1.45. The van der Waals surface area contributed by atoms with Crippen LogP contribution in [0.3, 0.4) is 0 Å². The van der Waals surface area contributed by atoms with Gasteiger partial charge in [-0.15, -0.1) is 0 Å². The molecule has 0 aliphatic rings. The third kappa shape index (κ3) is 3.34. The van der Waals surface area contributed by atoms with Crippen LogP contribution in [-0.4, -0.2) is 30.6 Å². The summed E-state index contributed by atoms with van der Waals surface area (Å²) in [6.45, 7) is 5.98. The third-order valence-electron chi connectivity index (χ3n) is 2.19. The van der Waals surface area contributed by atoms with Gasteiger partial charge < -0.3 is 14.5 Å². The summed E-state index contributed by atoms with van der Waals surface area (Å²) in [4.78, 5) is 25.8. The zero-order chi connectivity index (χ0) is 13.0. The van der Waals surface area contributed by atoms with E-state index < -0.39 is 11.9 Å². The van der Waals surface area contributed by atoms with Crippen LogP contribution >= 0.6 is 0 Å². The maximum atomic E-state index is 11.7. The average Bonchev–Trinajstić information content (AvgIpc) is 2.67. The number of hydrogen-bond donors (Lipinski definition) is 1. The van der Waals surface area contributed by atoms with Crippen molar-refractivity contribution in [3.63, 3.8) is 0 Å². The predicted molar refractivity (Wildman–Crippen MR) is 62.0 cm³/mol. The molecule has 1 aromatic heterocycles. The number of carbonyl (C=O) groups excluding carboxylic acids is 2. The second-order valence-corrected chi connectivity index (χ2v) is 4.21. The van der Waals surface area contributed by atoms with Gasteiger partial charge in [0.15, 0.2) is 0 Å². The molecule has 0 unspecified atom stereocenters. The maximum Gasteiger partial charge on any atom is 0.354 e. The molecule has 5 heteroatoms. The van der Waals surface area contributed by atoms with Gasteiger partial charge in [0.1, 0.15) is 5.69 Å². The highest BCUT2D eigenvalue weighted by molar-refractivity contribution is 5.95. The Morgan fingerprint density at radius 2 is 2.00 bits per heavy atom. The van der Waals surface area contributed by atoms with Gasteiger partial charge in [0, 0.05) is 5.69 Å². The van der Waals surface area contributed by atoms with E-state index in [-0.39, 0.29) is 11.6 Å². The summed E-state index contributed by atoms with van der Waals surface area (Å²) < 4.78 is 9.65. The van der Waals surface area contributed by atoms with Crippen LogP contribution in [0.5, 0.6) is 0 Å². The van der Waals surface area contributed by atoms with Crippen LogP contribution in [-0.2, 0) is 9.47 Å². The van der Waals surface area contributed by atoms with Gasteiger partial charge in [0.05, 0.1) is 19.3 Å². The fourth-order valence-electron chi connectivity index (χ4n) is 1.31. The zero-order valence-corrected chi connectivity index (χ0v) is 10.5. The van der Waals surface area contributed by atoms with Crippen LogP contribution in [0.2, 0.25) is 0 Å². The number of nitrogens with one attached hydrogen (secondary N) is 1. The van der Waals surface area contributed by atoms with Crippen LogP contribution in [0.15, 0.2) is 6.07 Å². The van der Waals surface area contributed by atoms with Crippen molar-refractivity contribution in [1.29, 1.82) is 0 Å². The van der Waals surface area contributed by atoms with E-state index in [4.69, 9.17) is 4.74 Å². The Hall–Kier alpha value is -1.78. The Morgan fingerprint density at radius 1 is 1.35 bits per heavy atom. The van der Waals surface area contributed by atoms with Crippen molar-refractivity contribution in [3.05, 3.63) is 23.0 Å². The quantitative estimate of drug-likeness (QED) is 0.815. The number of methoxy groups -OCH3 is 1. The predicted octanol–water partition coefficient (Wildman–Crippen LogP) is 1.92. The minimum Gasteiger partial charge on any atom is -0.464 e. The van der Waals surface area contributed by atoms with E-state index in [0.29, 0.717) is 17.9 Å². The molecule has 0 bridgehead atoms. The number of rotatable bonds is 4. The Balaban J connectivity index is 2.80. The normalized spacial score (nSPS) is 10.4. The summed E-state index contributed by atoms with van der Waals surface area (Å²) in [6.07, 6.45) is 0. The SMILES string of the molecule is COC(=O)c1cc(C(=O)OCC(C)C)c(C)[nH]1. The Labute approximate surface area is 100 Å². The molecule has 0 atom stereocenters. The second-order valence-electron chi connectivity index (χ2n) is 4.21. The molecule has 1 rings (SSSR count). The van der Waals surface area contributed by atoms with Crippen molar-refractivity contribution in [2.24, 2.45) is 5.92 Å². The van der Waals surface area contributed by atoms with Crippen LogP contribution in [0.4, 0.5) is 0 Å². The number of hydrogen-bond acceptors (Lipinski definition) is 4. The molecular weight excluding hydrogens is 222 g/mol. The van der Waals surface area contributed by atoms with Gasteiger partial charge >= 0.3 is 11.9 Å². The van der Waals surface area contributed by atoms with Gasteiger partial charge in [-0.05, 0) is 18.9 Å². The van der Waals surface area contributed by atoms with E-state index in [0.717, 1.165) is 0 Å². The maximum absolute atomic E-state index is 11.7. The molecule has 1 heterocycles. The molecular formula is C12H17NO4. The monoisotopic (exact) mass is 239 g/mol. The smallest absolute Gasteiger partial charge is 0.354 e. The molecule has 5 nitrogen and oxygen atoms in total. The number of ether oxygens (including phenoxy) is 2. The Morgan fingerprint density at radius 3 is 2.53 bits per heavy atom. The standard InChI is InChI=1S/C12H17NO4/c1-7(2)6-17-11(14)9-5-10(12(15)16-4)13-8(9)3/h5,7,13H,6H2,1-4H3. The first-order chi connectivity index (χ1) is 7.95. The molecule has 0 radical (unpaired) electrons. The minimum atomic E-state index is -0.504. The molecule has 0 fully saturated rings. The largest absolute Gasteiger partial charge is 0.464 e. The van der Waals surface area contributed by atoms with E-state index in [2.05, 4.69) is 9.72 Å². The van der Waals surface area contributed by atoms with Crippen molar-refractivity contribution in [2.75, 3.05) is 13.7 Å². The molecule has 94 valence electrons. The first-order valence-corrected chi connectivity index (χ1v) is 5.40. The lowest BCUT2D eigenvalue weighted by molar-refractivity contribution is 0.0458. The molecule has 0 aromatic carbocycles. The summed E-state index contributed by atoms with van der Waals surface area (Å²) in [7, 11) is 1.29. The number of aryl methyl sites for hydroxylation is 1. The molecule has 0 aliphatic carbocycles. The van der Waals surface area contributed by atoms with Gasteiger partial charge in [-0.3, -0.25) is 0 Å².